The van der Waals surface area contributed by atoms with E-state index in [1.807, 2.05) is 0 Å². The SMILES string of the molecule is CC1CCC(NC(=O)[C@H]2COCCO2)(C(=O)O)CC1. The monoisotopic (exact) mass is 271 g/mol. The van der Waals surface area contributed by atoms with E-state index in [0.717, 1.165) is 12.8 Å². The average Bonchev–Trinajstić information content (AvgIpc) is 2.42. The number of ether oxygens (including phenoxy) is 2. The molecule has 1 aliphatic carbocycles. The molecule has 2 fully saturated rings. The third kappa shape index (κ3) is 3.25. The predicted molar refractivity (Wildman–Crippen MR) is 66.7 cm³/mol. The zero-order valence-electron chi connectivity index (χ0n) is 11.2. The molecule has 1 saturated heterocycles. The zero-order chi connectivity index (χ0) is 13.9. The Morgan fingerprint density at radius 2 is 1.95 bits per heavy atom. The van der Waals surface area contributed by atoms with Crippen molar-refractivity contribution in [3.63, 3.8) is 0 Å². The summed E-state index contributed by atoms with van der Waals surface area (Å²) < 4.78 is 10.5. The number of carboxylic acid groups (broad SMARTS) is 1. The molecule has 1 aliphatic heterocycles. The molecule has 1 heterocycles. The van der Waals surface area contributed by atoms with Crippen molar-refractivity contribution in [1.82, 2.24) is 5.32 Å². The van der Waals surface area contributed by atoms with Crippen molar-refractivity contribution >= 4 is 11.9 Å². The lowest BCUT2D eigenvalue weighted by atomic mass is 9.77. The van der Waals surface area contributed by atoms with Gasteiger partial charge in [-0.25, -0.2) is 4.79 Å². The van der Waals surface area contributed by atoms with E-state index in [-0.39, 0.29) is 12.5 Å². The highest BCUT2D eigenvalue weighted by Crippen LogP contribution is 2.32. The Morgan fingerprint density at radius 1 is 1.26 bits per heavy atom. The molecule has 0 spiro atoms. The van der Waals surface area contributed by atoms with Gasteiger partial charge >= 0.3 is 5.97 Å². The molecular weight excluding hydrogens is 250 g/mol. The van der Waals surface area contributed by atoms with Crippen LogP contribution in [0.1, 0.15) is 32.6 Å². The van der Waals surface area contributed by atoms with Gasteiger partial charge in [-0.05, 0) is 31.6 Å². The lowest BCUT2D eigenvalue weighted by Crippen LogP contribution is -2.59. The molecule has 1 amide bonds. The Morgan fingerprint density at radius 3 is 2.47 bits per heavy atom. The Balaban J connectivity index is 2.00. The summed E-state index contributed by atoms with van der Waals surface area (Å²) in [5.41, 5.74) is -1.13. The number of hydrogen-bond donors (Lipinski definition) is 2. The van der Waals surface area contributed by atoms with Gasteiger partial charge in [0.15, 0.2) is 6.10 Å². The predicted octanol–water partition coefficient (Wildman–Crippen LogP) is 0.551. The largest absolute Gasteiger partial charge is 0.480 e. The van der Waals surface area contributed by atoms with Gasteiger partial charge in [-0.3, -0.25) is 4.79 Å². The Hall–Kier alpha value is -1.14. The van der Waals surface area contributed by atoms with E-state index in [1.54, 1.807) is 0 Å². The molecule has 1 saturated carbocycles. The smallest absolute Gasteiger partial charge is 0.329 e. The number of carboxylic acids is 1. The molecule has 0 aromatic rings. The van der Waals surface area contributed by atoms with Crippen LogP contribution in [0.3, 0.4) is 0 Å². The molecule has 2 N–H and O–H groups in total. The minimum absolute atomic E-state index is 0.192. The topological polar surface area (TPSA) is 84.9 Å². The van der Waals surface area contributed by atoms with Crippen molar-refractivity contribution in [2.45, 2.75) is 44.2 Å². The van der Waals surface area contributed by atoms with Gasteiger partial charge in [0, 0.05) is 0 Å². The van der Waals surface area contributed by atoms with Gasteiger partial charge in [0.2, 0.25) is 0 Å². The van der Waals surface area contributed by atoms with E-state index in [4.69, 9.17) is 9.47 Å². The van der Waals surface area contributed by atoms with E-state index < -0.39 is 17.6 Å². The highest BCUT2D eigenvalue weighted by molar-refractivity contribution is 5.89. The first kappa shape index (κ1) is 14.3. The van der Waals surface area contributed by atoms with Crippen molar-refractivity contribution in [2.24, 2.45) is 5.92 Å². The van der Waals surface area contributed by atoms with Crippen LogP contribution >= 0.6 is 0 Å². The number of hydrogen-bond acceptors (Lipinski definition) is 4. The van der Waals surface area contributed by atoms with Crippen LogP contribution in [-0.2, 0) is 19.1 Å². The van der Waals surface area contributed by atoms with E-state index in [0.29, 0.717) is 32.0 Å². The summed E-state index contributed by atoms with van der Waals surface area (Å²) in [6.45, 7) is 3.14. The fraction of sp³-hybridized carbons (Fsp3) is 0.846. The molecule has 108 valence electrons. The van der Waals surface area contributed by atoms with Crippen molar-refractivity contribution < 1.29 is 24.2 Å². The van der Waals surface area contributed by atoms with Gasteiger partial charge in [0.25, 0.3) is 5.91 Å². The normalized spacial score (nSPS) is 35.6. The van der Waals surface area contributed by atoms with Crippen LogP contribution in [0, 0.1) is 5.92 Å². The molecule has 19 heavy (non-hydrogen) atoms. The zero-order valence-corrected chi connectivity index (χ0v) is 11.2. The third-order valence-corrected chi connectivity index (χ3v) is 4.01. The van der Waals surface area contributed by atoms with Crippen LogP contribution in [0.2, 0.25) is 0 Å². The minimum atomic E-state index is -1.13. The van der Waals surface area contributed by atoms with Crippen LogP contribution in [0.25, 0.3) is 0 Å². The molecule has 2 rings (SSSR count). The second-order valence-corrected chi connectivity index (χ2v) is 5.49. The Bertz CT molecular complexity index is 343. The summed E-state index contributed by atoms with van der Waals surface area (Å²) in [5, 5.41) is 12.1. The lowest BCUT2D eigenvalue weighted by molar-refractivity contribution is -0.158. The summed E-state index contributed by atoms with van der Waals surface area (Å²) in [6.07, 6.45) is 1.89. The molecular formula is C13H21NO5. The van der Waals surface area contributed by atoms with Gasteiger partial charge in [0.05, 0.1) is 19.8 Å². The quantitative estimate of drug-likeness (QED) is 0.783. The van der Waals surface area contributed by atoms with Crippen LogP contribution in [0.5, 0.6) is 0 Å². The minimum Gasteiger partial charge on any atom is -0.480 e. The molecule has 2 aliphatic rings. The van der Waals surface area contributed by atoms with Crippen LogP contribution in [0.15, 0.2) is 0 Å². The average molecular weight is 271 g/mol. The maximum Gasteiger partial charge on any atom is 0.329 e. The molecule has 0 bridgehead atoms. The first-order valence-corrected chi connectivity index (χ1v) is 6.78. The molecule has 0 aromatic carbocycles. The number of nitrogens with one attached hydrogen (secondary N) is 1. The van der Waals surface area contributed by atoms with Crippen LogP contribution in [-0.4, -0.2) is 48.4 Å². The second-order valence-electron chi connectivity index (χ2n) is 5.49. The van der Waals surface area contributed by atoms with Crippen molar-refractivity contribution in [2.75, 3.05) is 19.8 Å². The van der Waals surface area contributed by atoms with E-state index >= 15 is 0 Å². The van der Waals surface area contributed by atoms with E-state index in [9.17, 15) is 14.7 Å². The van der Waals surface area contributed by atoms with Gasteiger partial charge in [-0.1, -0.05) is 6.92 Å². The summed E-state index contributed by atoms with van der Waals surface area (Å²) >= 11 is 0. The fourth-order valence-corrected chi connectivity index (χ4v) is 2.60. The van der Waals surface area contributed by atoms with E-state index in [1.165, 1.54) is 0 Å². The Kier molecular flexibility index (Phi) is 4.42. The number of amides is 1. The lowest BCUT2D eigenvalue weighted by Gasteiger charge is -2.37. The number of rotatable bonds is 3. The van der Waals surface area contributed by atoms with Crippen molar-refractivity contribution in [3.05, 3.63) is 0 Å². The fourth-order valence-electron chi connectivity index (χ4n) is 2.60. The standard InChI is InChI=1S/C13H21NO5/c1-9-2-4-13(5-3-9,12(16)17)14-11(15)10-8-18-6-7-19-10/h9-10H,2-8H2,1H3,(H,14,15)(H,16,17)/t9?,10-,13?/m1/s1. The molecule has 1 atom stereocenters. The second kappa shape index (κ2) is 5.88. The summed E-state index contributed by atoms with van der Waals surface area (Å²) in [4.78, 5) is 23.6. The number of aliphatic carboxylic acids is 1. The maximum atomic E-state index is 12.1. The van der Waals surface area contributed by atoms with Crippen molar-refractivity contribution in [3.8, 4) is 0 Å². The van der Waals surface area contributed by atoms with Gasteiger partial charge < -0.3 is 19.9 Å². The summed E-state index contributed by atoms with van der Waals surface area (Å²) in [5.74, 6) is -0.820. The van der Waals surface area contributed by atoms with E-state index in [2.05, 4.69) is 12.2 Å². The highest BCUT2D eigenvalue weighted by atomic mass is 16.6. The first-order valence-electron chi connectivity index (χ1n) is 6.78. The first-order chi connectivity index (χ1) is 9.03. The maximum absolute atomic E-state index is 12.1. The number of carbonyl (C=O) groups is 2. The number of carbonyl (C=O) groups excluding carboxylic acids is 1. The third-order valence-electron chi connectivity index (χ3n) is 4.01. The molecule has 0 radical (unpaired) electrons. The summed E-state index contributed by atoms with van der Waals surface area (Å²) in [7, 11) is 0. The summed E-state index contributed by atoms with van der Waals surface area (Å²) in [6, 6.07) is 0. The highest BCUT2D eigenvalue weighted by Gasteiger charge is 2.43. The van der Waals surface area contributed by atoms with Crippen molar-refractivity contribution in [1.29, 1.82) is 0 Å². The molecule has 0 unspecified atom stereocenters. The Labute approximate surface area is 112 Å². The van der Waals surface area contributed by atoms with Crippen LogP contribution < -0.4 is 5.32 Å². The van der Waals surface area contributed by atoms with Gasteiger partial charge in [-0.15, -0.1) is 0 Å². The van der Waals surface area contributed by atoms with Crippen LogP contribution in [0.4, 0.5) is 0 Å². The van der Waals surface area contributed by atoms with Gasteiger partial charge in [0.1, 0.15) is 5.54 Å². The molecule has 0 aromatic heterocycles. The van der Waals surface area contributed by atoms with Gasteiger partial charge in [-0.2, -0.15) is 0 Å². The molecule has 6 heteroatoms. The molecule has 6 nitrogen and oxygen atoms in total.